The van der Waals surface area contributed by atoms with E-state index in [2.05, 4.69) is 10.3 Å². The Hall–Kier alpha value is -1.76. The van der Waals surface area contributed by atoms with Crippen LogP contribution < -0.4 is 0 Å². The molecule has 0 radical (unpaired) electrons. The molecule has 7 heteroatoms. The molecule has 2 heterocycles. The van der Waals surface area contributed by atoms with E-state index in [1.807, 2.05) is 6.07 Å². The van der Waals surface area contributed by atoms with Gasteiger partial charge in [-0.3, -0.25) is 4.21 Å². The second-order valence-corrected chi connectivity index (χ2v) is 6.29. The lowest BCUT2D eigenvalue weighted by Crippen LogP contribution is -2.22. The Morgan fingerprint density at radius 3 is 2.79 bits per heavy atom. The number of rotatable bonds is 2. The largest absolute Gasteiger partial charge is 0.478 e. The van der Waals surface area contributed by atoms with Crippen molar-refractivity contribution < 1.29 is 14.1 Å². The minimum Gasteiger partial charge on any atom is -0.478 e. The topological polar surface area (TPSA) is 85.1 Å². The number of carboxylic acid groups (broad SMARTS) is 1. The molecule has 100 valence electrons. The summed E-state index contributed by atoms with van der Waals surface area (Å²) in [5.41, 5.74) is 1.32. The minimum atomic E-state index is -0.998. The summed E-state index contributed by atoms with van der Waals surface area (Å²) in [5.74, 6) is 0.345. The first kappa shape index (κ1) is 12.3. The van der Waals surface area contributed by atoms with E-state index in [1.165, 1.54) is 6.07 Å². The number of hydrogen-bond donors (Lipinski definition) is 1. The van der Waals surface area contributed by atoms with E-state index in [4.69, 9.17) is 5.11 Å². The first-order valence-corrected chi connectivity index (χ1v) is 7.58. The number of fused-ring (bicyclic) bond motifs is 1. The SMILES string of the molecule is O=C(O)c1cccc2c1nnn2C1CCS(=O)CC1. The standard InChI is InChI=1S/C12H13N3O3S/c16-12(17)9-2-1-3-10-11(9)13-14-15(10)8-4-6-19(18)7-5-8/h1-3,8H,4-7H2,(H,16,17). The number of carboxylic acids is 1. The van der Waals surface area contributed by atoms with Crippen molar-refractivity contribution in [3.8, 4) is 0 Å². The van der Waals surface area contributed by atoms with Crippen molar-refractivity contribution in [2.24, 2.45) is 0 Å². The van der Waals surface area contributed by atoms with Crippen LogP contribution in [0.5, 0.6) is 0 Å². The molecule has 1 saturated heterocycles. The number of aromatic nitrogens is 3. The number of carbonyl (C=O) groups is 1. The smallest absolute Gasteiger partial charge is 0.338 e. The van der Waals surface area contributed by atoms with Crippen molar-refractivity contribution in [3.05, 3.63) is 23.8 Å². The Balaban J connectivity index is 2.04. The Morgan fingerprint density at radius 2 is 2.11 bits per heavy atom. The zero-order valence-corrected chi connectivity index (χ0v) is 11.0. The quantitative estimate of drug-likeness (QED) is 0.893. The molecule has 1 aliphatic rings. The van der Waals surface area contributed by atoms with Crippen molar-refractivity contribution in [3.63, 3.8) is 0 Å². The molecular weight excluding hydrogens is 266 g/mol. The van der Waals surface area contributed by atoms with Crippen molar-refractivity contribution >= 4 is 27.8 Å². The highest BCUT2D eigenvalue weighted by atomic mass is 32.2. The minimum absolute atomic E-state index is 0.159. The highest BCUT2D eigenvalue weighted by molar-refractivity contribution is 7.85. The first-order valence-electron chi connectivity index (χ1n) is 6.09. The molecule has 1 fully saturated rings. The Bertz CT molecular complexity index is 657. The van der Waals surface area contributed by atoms with Gasteiger partial charge in [-0.15, -0.1) is 5.10 Å². The van der Waals surface area contributed by atoms with E-state index in [1.54, 1.807) is 10.7 Å². The van der Waals surface area contributed by atoms with E-state index in [0.717, 1.165) is 18.4 Å². The van der Waals surface area contributed by atoms with E-state index in [0.29, 0.717) is 17.0 Å². The molecule has 0 amide bonds. The number of hydrogen-bond acceptors (Lipinski definition) is 4. The van der Waals surface area contributed by atoms with Gasteiger partial charge in [-0.2, -0.15) is 0 Å². The van der Waals surface area contributed by atoms with E-state index in [-0.39, 0.29) is 11.6 Å². The Labute approximate surface area is 111 Å². The van der Waals surface area contributed by atoms with Crippen LogP contribution in [0.15, 0.2) is 18.2 Å². The lowest BCUT2D eigenvalue weighted by Gasteiger charge is -2.21. The van der Waals surface area contributed by atoms with Crippen molar-refractivity contribution in [1.82, 2.24) is 15.0 Å². The molecule has 1 aromatic carbocycles. The second-order valence-electron chi connectivity index (χ2n) is 4.59. The van der Waals surface area contributed by atoms with Gasteiger partial charge in [0.25, 0.3) is 0 Å². The molecular formula is C12H13N3O3S. The normalized spacial score (nSPS) is 23.6. The summed E-state index contributed by atoms with van der Waals surface area (Å²) in [5, 5.41) is 17.2. The fourth-order valence-electron chi connectivity index (χ4n) is 2.43. The van der Waals surface area contributed by atoms with E-state index >= 15 is 0 Å². The lowest BCUT2D eigenvalue weighted by atomic mass is 10.1. The van der Waals surface area contributed by atoms with E-state index in [9.17, 15) is 9.00 Å². The number of nitrogens with zero attached hydrogens (tertiary/aromatic N) is 3. The van der Waals surface area contributed by atoms with Crippen LogP contribution >= 0.6 is 0 Å². The average Bonchev–Trinajstić information content (AvgIpc) is 2.83. The van der Waals surface area contributed by atoms with Gasteiger partial charge in [0.15, 0.2) is 0 Å². The maximum absolute atomic E-state index is 11.4. The van der Waals surface area contributed by atoms with Gasteiger partial charge in [0, 0.05) is 22.3 Å². The summed E-state index contributed by atoms with van der Waals surface area (Å²) >= 11 is 0. The predicted molar refractivity (Wildman–Crippen MR) is 70.6 cm³/mol. The molecule has 19 heavy (non-hydrogen) atoms. The molecule has 0 spiro atoms. The zero-order valence-electron chi connectivity index (χ0n) is 10.2. The third-order valence-corrected chi connectivity index (χ3v) is 4.82. The van der Waals surface area contributed by atoms with Crippen molar-refractivity contribution in [1.29, 1.82) is 0 Å². The van der Waals surface area contributed by atoms with Crippen LogP contribution in [0.4, 0.5) is 0 Å². The first-order chi connectivity index (χ1) is 9.16. The summed E-state index contributed by atoms with van der Waals surface area (Å²) in [6, 6.07) is 5.21. The number of benzene rings is 1. The number of aromatic carboxylic acids is 1. The van der Waals surface area contributed by atoms with Crippen LogP contribution in [0.3, 0.4) is 0 Å². The van der Waals surface area contributed by atoms with Gasteiger partial charge >= 0.3 is 5.97 Å². The van der Waals surface area contributed by atoms with Crippen LogP contribution in [0, 0.1) is 0 Å². The molecule has 1 aromatic heterocycles. The van der Waals surface area contributed by atoms with Gasteiger partial charge in [0.2, 0.25) is 0 Å². The van der Waals surface area contributed by atoms with Gasteiger partial charge in [-0.1, -0.05) is 11.3 Å². The van der Waals surface area contributed by atoms with Gasteiger partial charge in [0.1, 0.15) is 5.52 Å². The van der Waals surface area contributed by atoms with Crippen LogP contribution in [0.1, 0.15) is 29.2 Å². The molecule has 0 aliphatic carbocycles. The molecule has 2 aromatic rings. The molecule has 0 unspecified atom stereocenters. The van der Waals surface area contributed by atoms with Crippen molar-refractivity contribution in [2.75, 3.05) is 11.5 Å². The maximum Gasteiger partial charge on any atom is 0.338 e. The monoisotopic (exact) mass is 279 g/mol. The zero-order chi connectivity index (χ0) is 13.4. The van der Waals surface area contributed by atoms with Gasteiger partial charge in [-0.05, 0) is 25.0 Å². The fraction of sp³-hybridized carbons (Fsp3) is 0.417. The van der Waals surface area contributed by atoms with Crippen LogP contribution in [0.25, 0.3) is 11.0 Å². The molecule has 3 rings (SSSR count). The maximum atomic E-state index is 11.4. The summed E-state index contributed by atoms with van der Waals surface area (Å²) in [7, 11) is -0.724. The summed E-state index contributed by atoms with van der Waals surface area (Å²) < 4.78 is 13.1. The molecule has 0 saturated carbocycles. The Kier molecular flexibility index (Phi) is 3.06. The molecule has 1 aliphatic heterocycles. The third kappa shape index (κ3) is 2.14. The molecule has 1 N–H and O–H groups in total. The molecule has 0 atom stereocenters. The lowest BCUT2D eigenvalue weighted by molar-refractivity contribution is 0.0699. The second kappa shape index (κ2) is 4.73. The van der Waals surface area contributed by atoms with Crippen LogP contribution in [-0.2, 0) is 10.8 Å². The van der Waals surface area contributed by atoms with Crippen molar-refractivity contribution in [2.45, 2.75) is 18.9 Å². The molecule has 0 bridgehead atoms. The Morgan fingerprint density at radius 1 is 1.37 bits per heavy atom. The summed E-state index contributed by atoms with van der Waals surface area (Å²) in [6.45, 7) is 0. The average molecular weight is 279 g/mol. The highest BCUT2D eigenvalue weighted by Gasteiger charge is 2.23. The van der Waals surface area contributed by atoms with Gasteiger partial charge in [-0.25, -0.2) is 9.48 Å². The van der Waals surface area contributed by atoms with E-state index < -0.39 is 16.8 Å². The predicted octanol–water partition coefficient (Wildman–Crippen LogP) is 1.21. The third-order valence-electron chi connectivity index (χ3n) is 3.44. The van der Waals surface area contributed by atoms with Gasteiger partial charge in [0.05, 0.1) is 17.1 Å². The fourth-order valence-corrected chi connectivity index (χ4v) is 3.70. The van der Waals surface area contributed by atoms with Crippen LogP contribution in [0.2, 0.25) is 0 Å². The summed E-state index contributed by atoms with van der Waals surface area (Å²) in [6.07, 6.45) is 1.59. The van der Waals surface area contributed by atoms with Crippen LogP contribution in [-0.4, -0.2) is 41.8 Å². The highest BCUT2D eigenvalue weighted by Crippen LogP contribution is 2.26. The summed E-state index contributed by atoms with van der Waals surface area (Å²) in [4.78, 5) is 11.1. The van der Waals surface area contributed by atoms with Gasteiger partial charge < -0.3 is 5.11 Å². The molecule has 6 nitrogen and oxygen atoms in total.